The molecular formula is C14H24N2OS. The summed E-state index contributed by atoms with van der Waals surface area (Å²) in [5.74, 6) is 0.913. The average Bonchev–Trinajstić information content (AvgIpc) is 2.65. The summed E-state index contributed by atoms with van der Waals surface area (Å²) in [5.41, 5.74) is 4.16. The summed E-state index contributed by atoms with van der Waals surface area (Å²) in [4.78, 5) is 0. The Morgan fingerprint density at radius 1 is 1.33 bits per heavy atom. The van der Waals surface area contributed by atoms with Gasteiger partial charge in [0.1, 0.15) is 0 Å². The molecule has 1 aromatic heterocycles. The van der Waals surface area contributed by atoms with Crippen molar-refractivity contribution < 1.29 is 4.74 Å². The number of rotatable bonds is 4. The highest BCUT2D eigenvalue weighted by atomic mass is 32.1. The molecule has 0 atom stereocenters. The van der Waals surface area contributed by atoms with E-state index < -0.39 is 0 Å². The lowest BCUT2D eigenvalue weighted by Gasteiger charge is -2.36. The van der Waals surface area contributed by atoms with Gasteiger partial charge in [-0.15, -0.1) is 0 Å². The summed E-state index contributed by atoms with van der Waals surface area (Å²) in [6, 6.07) is 0. The van der Waals surface area contributed by atoms with E-state index in [1.165, 1.54) is 17.0 Å². The molecule has 0 radical (unpaired) electrons. The second-order valence-electron chi connectivity index (χ2n) is 5.43. The van der Waals surface area contributed by atoms with Crippen molar-refractivity contribution in [2.75, 3.05) is 19.0 Å². The molecule has 0 spiro atoms. The molecule has 102 valence electrons. The molecule has 1 aliphatic rings. The van der Waals surface area contributed by atoms with E-state index in [-0.39, 0.29) is 5.41 Å². The Balaban J connectivity index is 2.21. The number of nitrogens with zero attached hydrogens (tertiary/aromatic N) is 2. The Labute approximate surface area is 115 Å². The average molecular weight is 268 g/mol. The zero-order chi connectivity index (χ0) is 13.2. The van der Waals surface area contributed by atoms with Gasteiger partial charge in [0.15, 0.2) is 0 Å². The van der Waals surface area contributed by atoms with Crippen LogP contribution in [-0.2, 0) is 17.7 Å². The van der Waals surface area contributed by atoms with Crippen molar-refractivity contribution in [2.45, 2.75) is 46.6 Å². The van der Waals surface area contributed by atoms with Crippen molar-refractivity contribution in [1.29, 1.82) is 0 Å². The van der Waals surface area contributed by atoms with Crippen molar-refractivity contribution in [1.82, 2.24) is 9.78 Å². The third kappa shape index (κ3) is 2.59. The zero-order valence-corrected chi connectivity index (χ0v) is 12.6. The van der Waals surface area contributed by atoms with Gasteiger partial charge in [0.05, 0.1) is 5.69 Å². The quantitative estimate of drug-likeness (QED) is 0.850. The molecule has 0 amide bonds. The van der Waals surface area contributed by atoms with Crippen LogP contribution in [0.1, 0.15) is 36.7 Å². The number of thiol groups is 1. The second-order valence-corrected chi connectivity index (χ2v) is 5.75. The Kier molecular flexibility index (Phi) is 4.38. The maximum Gasteiger partial charge on any atom is 0.0628 e. The Morgan fingerprint density at radius 3 is 2.50 bits per heavy atom. The van der Waals surface area contributed by atoms with Crippen molar-refractivity contribution in [3.05, 3.63) is 17.0 Å². The first-order chi connectivity index (χ1) is 8.62. The van der Waals surface area contributed by atoms with Crippen LogP contribution in [0.15, 0.2) is 0 Å². The lowest BCUT2D eigenvalue weighted by molar-refractivity contribution is 0.0162. The Morgan fingerprint density at radius 2 is 2.00 bits per heavy atom. The first kappa shape index (κ1) is 13.9. The molecular weight excluding hydrogens is 244 g/mol. The van der Waals surface area contributed by atoms with Crippen molar-refractivity contribution >= 4 is 12.6 Å². The summed E-state index contributed by atoms with van der Waals surface area (Å²) in [6.07, 6.45) is 3.25. The summed E-state index contributed by atoms with van der Waals surface area (Å²) in [7, 11) is 0. The molecule has 1 aliphatic heterocycles. The van der Waals surface area contributed by atoms with E-state index in [2.05, 4.69) is 38.1 Å². The minimum absolute atomic E-state index is 0.260. The molecule has 0 unspecified atom stereocenters. The highest BCUT2D eigenvalue weighted by Crippen LogP contribution is 2.34. The normalized spacial score (nSPS) is 19.1. The van der Waals surface area contributed by atoms with Gasteiger partial charge in [-0.2, -0.15) is 17.7 Å². The second kappa shape index (κ2) is 5.66. The highest BCUT2D eigenvalue weighted by molar-refractivity contribution is 7.80. The molecule has 18 heavy (non-hydrogen) atoms. The Hall–Kier alpha value is -0.480. The van der Waals surface area contributed by atoms with Gasteiger partial charge in [0.25, 0.3) is 0 Å². The number of hydrogen-bond donors (Lipinski definition) is 1. The maximum atomic E-state index is 5.48. The molecule has 3 nitrogen and oxygen atoms in total. The Bertz CT molecular complexity index is 408. The minimum atomic E-state index is 0.260. The van der Waals surface area contributed by atoms with Crippen LogP contribution in [0.4, 0.5) is 0 Å². The fourth-order valence-corrected chi connectivity index (χ4v) is 3.30. The van der Waals surface area contributed by atoms with Gasteiger partial charge in [-0.3, -0.25) is 4.68 Å². The molecule has 1 fully saturated rings. The van der Waals surface area contributed by atoms with E-state index in [0.29, 0.717) is 0 Å². The number of aromatic nitrogens is 2. The number of aryl methyl sites for hydroxylation is 1. The van der Waals surface area contributed by atoms with Gasteiger partial charge < -0.3 is 4.74 Å². The molecule has 2 rings (SSSR count). The van der Waals surface area contributed by atoms with Gasteiger partial charge in [-0.25, -0.2) is 0 Å². The molecule has 4 heteroatoms. The van der Waals surface area contributed by atoms with E-state index in [1.54, 1.807) is 0 Å². The number of ether oxygens (including phenoxy) is 1. The first-order valence-electron chi connectivity index (χ1n) is 6.83. The summed E-state index contributed by atoms with van der Waals surface area (Å²) in [6.45, 7) is 9.20. The van der Waals surface area contributed by atoms with Crippen LogP contribution in [-0.4, -0.2) is 28.7 Å². The van der Waals surface area contributed by atoms with E-state index >= 15 is 0 Å². The van der Waals surface area contributed by atoms with Gasteiger partial charge in [-0.1, -0.05) is 6.92 Å². The monoisotopic (exact) mass is 268 g/mol. The molecule has 0 saturated carbocycles. The topological polar surface area (TPSA) is 27.1 Å². The van der Waals surface area contributed by atoms with Crippen LogP contribution in [0.5, 0.6) is 0 Å². The van der Waals surface area contributed by atoms with E-state index in [0.717, 1.165) is 44.8 Å². The van der Waals surface area contributed by atoms with E-state index in [9.17, 15) is 0 Å². The first-order valence-corrected chi connectivity index (χ1v) is 7.46. The van der Waals surface area contributed by atoms with Gasteiger partial charge >= 0.3 is 0 Å². The van der Waals surface area contributed by atoms with Crippen LogP contribution >= 0.6 is 12.6 Å². The van der Waals surface area contributed by atoms with Crippen molar-refractivity contribution in [3.8, 4) is 0 Å². The largest absolute Gasteiger partial charge is 0.381 e. The molecule has 0 aliphatic carbocycles. The van der Waals surface area contributed by atoms with Gasteiger partial charge in [0, 0.05) is 30.9 Å². The minimum Gasteiger partial charge on any atom is -0.381 e. The van der Waals surface area contributed by atoms with Crippen LogP contribution in [0.3, 0.4) is 0 Å². The van der Waals surface area contributed by atoms with E-state index in [4.69, 9.17) is 9.84 Å². The van der Waals surface area contributed by atoms with Gasteiger partial charge in [0.2, 0.25) is 0 Å². The molecule has 1 saturated heterocycles. The molecule has 0 N–H and O–H groups in total. The molecule has 0 bridgehead atoms. The van der Waals surface area contributed by atoms with Gasteiger partial charge in [-0.05, 0) is 44.4 Å². The summed E-state index contributed by atoms with van der Waals surface area (Å²) in [5, 5.41) is 4.71. The third-order valence-electron chi connectivity index (χ3n) is 4.26. The predicted molar refractivity (Wildman–Crippen MR) is 77.4 cm³/mol. The summed E-state index contributed by atoms with van der Waals surface area (Å²) >= 11 is 4.57. The molecule has 0 aromatic carbocycles. The number of hydrogen-bond acceptors (Lipinski definition) is 3. The van der Waals surface area contributed by atoms with Crippen LogP contribution < -0.4 is 0 Å². The SMILES string of the molecule is CCc1c(C)nn(CC2(CS)CCOCC2)c1C. The molecule has 2 heterocycles. The lowest BCUT2D eigenvalue weighted by Crippen LogP contribution is -2.36. The smallest absolute Gasteiger partial charge is 0.0628 e. The zero-order valence-electron chi connectivity index (χ0n) is 11.7. The predicted octanol–water partition coefficient (Wildman–Crippen LogP) is 2.79. The highest BCUT2D eigenvalue weighted by Gasteiger charge is 2.32. The van der Waals surface area contributed by atoms with Crippen LogP contribution in [0.2, 0.25) is 0 Å². The lowest BCUT2D eigenvalue weighted by atomic mass is 9.82. The third-order valence-corrected chi connectivity index (χ3v) is 4.93. The standard InChI is InChI=1S/C14H24N2OS/c1-4-13-11(2)15-16(12(13)3)9-14(10-18)5-7-17-8-6-14/h18H,4-10H2,1-3H3. The van der Waals surface area contributed by atoms with Crippen molar-refractivity contribution in [2.24, 2.45) is 5.41 Å². The fraction of sp³-hybridized carbons (Fsp3) is 0.786. The van der Waals surface area contributed by atoms with E-state index in [1.807, 2.05) is 0 Å². The van der Waals surface area contributed by atoms with Crippen molar-refractivity contribution in [3.63, 3.8) is 0 Å². The van der Waals surface area contributed by atoms with Crippen LogP contribution in [0.25, 0.3) is 0 Å². The fourth-order valence-electron chi connectivity index (χ4n) is 2.89. The van der Waals surface area contributed by atoms with Crippen LogP contribution in [0, 0.1) is 19.3 Å². The maximum absolute atomic E-state index is 5.48. The molecule has 1 aromatic rings. The summed E-state index contributed by atoms with van der Waals surface area (Å²) < 4.78 is 7.67.